The predicted molar refractivity (Wildman–Crippen MR) is 119 cm³/mol. The Morgan fingerprint density at radius 1 is 1.07 bits per heavy atom. The molecule has 1 unspecified atom stereocenters. The van der Waals surface area contributed by atoms with Crippen LogP contribution in [0, 0.1) is 11.3 Å². The third-order valence-electron chi connectivity index (χ3n) is 5.63. The van der Waals surface area contributed by atoms with Crippen molar-refractivity contribution in [1.82, 2.24) is 0 Å². The van der Waals surface area contributed by atoms with Crippen LogP contribution in [-0.4, -0.2) is 13.7 Å². The molecule has 0 fully saturated rings. The normalized spacial score (nSPS) is 13.4. The molecule has 0 aliphatic carbocycles. The molecule has 2 heteroatoms. The highest BCUT2D eigenvalue weighted by Gasteiger charge is 2.16. The van der Waals surface area contributed by atoms with E-state index in [0.29, 0.717) is 11.8 Å². The molecule has 0 aliphatic heterocycles. The molecule has 0 radical (unpaired) electrons. The van der Waals surface area contributed by atoms with Crippen LogP contribution in [0.15, 0.2) is 18.2 Å². The van der Waals surface area contributed by atoms with E-state index in [-0.39, 0.29) is 5.41 Å². The van der Waals surface area contributed by atoms with E-state index in [0.717, 1.165) is 30.1 Å². The van der Waals surface area contributed by atoms with Crippen molar-refractivity contribution >= 4 is 6.08 Å². The third kappa shape index (κ3) is 7.60. The van der Waals surface area contributed by atoms with Crippen LogP contribution >= 0.6 is 0 Å². The lowest BCUT2D eigenvalue weighted by Crippen LogP contribution is -2.12. The van der Waals surface area contributed by atoms with Crippen LogP contribution < -0.4 is 9.47 Å². The second-order valence-corrected chi connectivity index (χ2v) is 8.69. The topological polar surface area (TPSA) is 18.5 Å². The summed E-state index contributed by atoms with van der Waals surface area (Å²) >= 11 is 0. The van der Waals surface area contributed by atoms with E-state index in [1.807, 2.05) is 0 Å². The van der Waals surface area contributed by atoms with Gasteiger partial charge in [0.15, 0.2) is 0 Å². The van der Waals surface area contributed by atoms with Gasteiger partial charge in [-0.25, -0.2) is 0 Å². The Morgan fingerprint density at radius 3 is 2.30 bits per heavy atom. The van der Waals surface area contributed by atoms with Crippen molar-refractivity contribution in [3.63, 3.8) is 0 Å². The van der Waals surface area contributed by atoms with Crippen molar-refractivity contribution in [3.8, 4) is 11.5 Å². The summed E-state index contributed by atoms with van der Waals surface area (Å²) < 4.78 is 12.0. The van der Waals surface area contributed by atoms with Gasteiger partial charge in [0.1, 0.15) is 11.5 Å². The number of ether oxygens (including phenoxy) is 2. The summed E-state index contributed by atoms with van der Waals surface area (Å²) in [5, 5.41) is 0. The molecule has 0 saturated carbocycles. The molecule has 1 atom stereocenters. The Balaban J connectivity index is 3.18. The van der Waals surface area contributed by atoms with Gasteiger partial charge >= 0.3 is 0 Å². The van der Waals surface area contributed by atoms with Crippen molar-refractivity contribution in [2.75, 3.05) is 13.7 Å². The van der Waals surface area contributed by atoms with Crippen molar-refractivity contribution in [3.05, 3.63) is 29.3 Å². The van der Waals surface area contributed by atoms with Crippen molar-refractivity contribution in [2.24, 2.45) is 11.3 Å². The molecule has 27 heavy (non-hydrogen) atoms. The lowest BCUT2D eigenvalue weighted by molar-refractivity contribution is 0.232. The van der Waals surface area contributed by atoms with Crippen molar-refractivity contribution in [1.29, 1.82) is 0 Å². The smallest absolute Gasteiger partial charge is 0.127 e. The highest BCUT2D eigenvalue weighted by molar-refractivity contribution is 5.62. The first-order valence-electron chi connectivity index (χ1n) is 10.8. The summed E-state index contributed by atoms with van der Waals surface area (Å²) in [6.07, 6.45) is 10.5. The number of benzene rings is 1. The molecule has 0 heterocycles. The Bertz CT molecular complexity index is 584. The zero-order valence-electron chi connectivity index (χ0n) is 19.0. The largest absolute Gasteiger partial charge is 0.496 e. The van der Waals surface area contributed by atoms with Crippen molar-refractivity contribution < 1.29 is 9.47 Å². The standard InChI is InChI=1S/C25H42O2/c1-9-12-13-20(10-2)18-27-23-17-22(19(4)5)24(26-8)16-21(23)14-15-25(6,7)11-3/h14-17,19-20H,9-13,18H2,1-8H3/b15-14+. The van der Waals surface area contributed by atoms with E-state index < -0.39 is 0 Å². The fourth-order valence-electron chi connectivity index (χ4n) is 3.01. The molecular weight excluding hydrogens is 332 g/mol. The lowest BCUT2D eigenvalue weighted by Gasteiger charge is -2.21. The number of methoxy groups -OCH3 is 1. The van der Waals surface area contributed by atoms with Crippen LogP contribution in [-0.2, 0) is 0 Å². The molecule has 0 amide bonds. The Kier molecular flexibility index (Phi) is 9.98. The first-order valence-corrected chi connectivity index (χ1v) is 10.8. The van der Waals surface area contributed by atoms with Gasteiger partial charge in [0.25, 0.3) is 0 Å². The maximum absolute atomic E-state index is 6.37. The zero-order valence-corrected chi connectivity index (χ0v) is 19.0. The number of allylic oxidation sites excluding steroid dienone is 1. The van der Waals surface area contributed by atoms with E-state index in [2.05, 4.69) is 72.8 Å². The molecule has 1 aromatic carbocycles. The second kappa shape index (κ2) is 11.4. The summed E-state index contributed by atoms with van der Waals surface area (Å²) in [5.41, 5.74) is 2.50. The van der Waals surface area contributed by atoms with E-state index in [9.17, 15) is 0 Å². The molecule has 1 rings (SSSR count). The van der Waals surface area contributed by atoms with Crippen LogP contribution in [0.3, 0.4) is 0 Å². The van der Waals surface area contributed by atoms with Gasteiger partial charge in [0.05, 0.1) is 13.7 Å². The number of hydrogen-bond acceptors (Lipinski definition) is 2. The quantitative estimate of drug-likeness (QED) is 0.370. The first-order chi connectivity index (χ1) is 12.8. The molecule has 0 bridgehead atoms. The fraction of sp³-hybridized carbons (Fsp3) is 0.680. The minimum Gasteiger partial charge on any atom is -0.496 e. The van der Waals surface area contributed by atoms with E-state index in [1.165, 1.54) is 31.2 Å². The third-order valence-corrected chi connectivity index (χ3v) is 5.63. The van der Waals surface area contributed by atoms with Gasteiger partial charge in [-0.3, -0.25) is 0 Å². The van der Waals surface area contributed by atoms with Gasteiger partial charge in [0, 0.05) is 11.1 Å². The molecule has 0 aromatic heterocycles. The fourth-order valence-corrected chi connectivity index (χ4v) is 3.01. The van der Waals surface area contributed by atoms with Gasteiger partial charge in [0.2, 0.25) is 0 Å². The zero-order chi connectivity index (χ0) is 20.4. The summed E-state index contributed by atoms with van der Waals surface area (Å²) in [7, 11) is 1.75. The molecule has 0 spiro atoms. The average molecular weight is 375 g/mol. The summed E-state index contributed by atoms with van der Waals surface area (Å²) in [6.45, 7) is 16.5. The van der Waals surface area contributed by atoms with Crippen LogP contribution in [0.5, 0.6) is 11.5 Å². The summed E-state index contributed by atoms with van der Waals surface area (Å²) in [5.74, 6) is 2.95. The van der Waals surface area contributed by atoms with E-state index in [4.69, 9.17) is 9.47 Å². The first kappa shape index (κ1) is 23.6. The van der Waals surface area contributed by atoms with Crippen LogP contribution in [0.1, 0.15) is 97.6 Å². The Labute approximate surface area is 168 Å². The molecule has 0 aliphatic rings. The van der Waals surface area contributed by atoms with Crippen LogP contribution in [0.2, 0.25) is 0 Å². The number of rotatable bonds is 12. The molecule has 0 N–H and O–H groups in total. The van der Waals surface area contributed by atoms with Gasteiger partial charge in [-0.1, -0.05) is 79.9 Å². The SMILES string of the molecule is CCCCC(CC)COc1cc(C(C)C)c(OC)cc1/C=C/C(C)(C)CC. The van der Waals surface area contributed by atoms with Crippen LogP contribution in [0.4, 0.5) is 0 Å². The van der Waals surface area contributed by atoms with E-state index >= 15 is 0 Å². The number of hydrogen-bond donors (Lipinski definition) is 0. The Hall–Kier alpha value is -1.44. The lowest BCUT2D eigenvalue weighted by atomic mass is 9.89. The predicted octanol–water partition coefficient (Wildman–Crippen LogP) is 7.86. The van der Waals surface area contributed by atoms with Gasteiger partial charge in [-0.2, -0.15) is 0 Å². The van der Waals surface area contributed by atoms with Crippen LogP contribution in [0.25, 0.3) is 6.08 Å². The van der Waals surface area contributed by atoms with Gasteiger partial charge < -0.3 is 9.47 Å². The Morgan fingerprint density at radius 2 is 1.78 bits per heavy atom. The minimum atomic E-state index is 0.175. The van der Waals surface area contributed by atoms with Crippen molar-refractivity contribution in [2.45, 2.75) is 86.5 Å². The van der Waals surface area contributed by atoms with Gasteiger partial charge in [-0.05, 0) is 42.2 Å². The molecular formula is C25H42O2. The molecule has 0 saturated heterocycles. The monoisotopic (exact) mass is 374 g/mol. The maximum Gasteiger partial charge on any atom is 0.127 e. The highest BCUT2D eigenvalue weighted by atomic mass is 16.5. The highest BCUT2D eigenvalue weighted by Crippen LogP contribution is 2.36. The van der Waals surface area contributed by atoms with Gasteiger partial charge in [-0.15, -0.1) is 0 Å². The summed E-state index contributed by atoms with van der Waals surface area (Å²) in [6, 6.07) is 4.33. The maximum atomic E-state index is 6.37. The second-order valence-electron chi connectivity index (χ2n) is 8.69. The summed E-state index contributed by atoms with van der Waals surface area (Å²) in [4.78, 5) is 0. The average Bonchev–Trinajstić information content (AvgIpc) is 2.66. The minimum absolute atomic E-state index is 0.175. The number of unbranched alkanes of at least 4 members (excludes halogenated alkanes) is 1. The molecule has 1 aromatic rings. The van der Waals surface area contributed by atoms with E-state index in [1.54, 1.807) is 7.11 Å². The molecule has 2 nitrogen and oxygen atoms in total. The molecule has 154 valence electrons.